The molecule has 2 nitrogen and oxygen atoms in total. The van der Waals surface area contributed by atoms with Gasteiger partial charge in [-0.25, -0.2) is 9.97 Å². The lowest BCUT2D eigenvalue weighted by Gasteiger charge is -2.16. The SMILES string of the molecule is FC1(F)c2ccccc2-c2ccc(-c3ccc(-c4nc(-c5ccccc5)cc(-c5ccc6ccccc6c5)n4)c4ccccc34)cc21. The Labute approximate surface area is 270 Å². The van der Waals surface area contributed by atoms with Gasteiger partial charge in [0.15, 0.2) is 5.82 Å². The molecule has 0 radical (unpaired) electrons. The van der Waals surface area contributed by atoms with Crippen LogP contribution < -0.4 is 0 Å². The third-order valence-electron chi connectivity index (χ3n) is 9.23. The molecule has 1 heterocycles. The van der Waals surface area contributed by atoms with Crippen LogP contribution in [0.15, 0.2) is 158 Å². The third-order valence-corrected chi connectivity index (χ3v) is 9.23. The summed E-state index contributed by atoms with van der Waals surface area (Å²) >= 11 is 0. The molecular formula is C43H26F2N2. The van der Waals surface area contributed by atoms with Crippen LogP contribution in [0.2, 0.25) is 0 Å². The molecule has 0 aliphatic heterocycles. The van der Waals surface area contributed by atoms with Crippen LogP contribution in [0.5, 0.6) is 0 Å². The molecule has 9 rings (SSSR count). The maximum Gasteiger partial charge on any atom is 0.299 e. The van der Waals surface area contributed by atoms with E-state index in [2.05, 4.69) is 48.5 Å². The van der Waals surface area contributed by atoms with E-state index in [-0.39, 0.29) is 11.1 Å². The molecule has 0 fully saturated rings. The fraction of sp³-hybridized carbons (Fsp3) is 0.0233. The Morgan fingerprint density at radius 2 is 0.979 bits per heavy atom. The Balaban J connectivity index is 1.22. The van der Waals surface area contributed by atoms with E-state index in [1.54, 1.807) is 18.2 Å². The van der Waals surface area contributed by atoms with Gasteiger partial charge in [-0.15, -0.1) is 0 Å². The summed E-state index contributed by atoms with van der Waals surface area (Å²) < 4.78 is 31.3. The molecule has 0 spiro atoms. The fourth-order valence-electron chi connectivity index (χ4n) is 6.91. The van der Waals surface area contributed by atoms with Crippen LogP contribution in [0, 0.1) is 0 Å². The molecule has 0 unspecified atom stereocenters. The van der Waals surface area contributed by atoms with E-state index in [9.17, 15) is 0 Å². The van der Waals surface area contributed by atoms with E-state index in [0.717, 1.165) is 55.4 Å². The lowest BCUT2D eigenvalue weighted by molar-refractivity contribution is 0.0480. The molecule has 0 bridgehead atoms. The van der Waals surface area contributed by atoms with Crippen molar-refractivity contribution >= 4 is 21.5 Å². The van der Waals surface area contributed by atoms with Crippen molar-refractivity contribution in [2.45, 2.75) is 5.92 Å². The van der Waals surface area contributed by atoms with Crippen molar-refractivity contribution in [2.75, 3.05) is 0 Å². The average Bonchev–Trinajstić information content (AvgIpc) is 3.36. The molecule has 0 N–H and O–H groups in total. The quantitative estimate of drug-likeness (QED) is 0.199. The fourth-order valence-corrected chi connectivity index (χ4v) is 6.91. The predicted molar refractivity (Wildman–Crippen MR) is 187 cm³/mol. The Morgan fingerprint density at radius 1 is 0.383 bits per heavy atom. The van der Waals surface area contributed by atoms with Gasteiger partial charge in [0, 0.05) is 27.8 Å². The molecule has 222 valence electrons. The van der Waals surface area contributed by atoms with Gasteiger partial charge < -0.3 is 0 Å². The number of benzene rings is 7. The first-order valence-electron chi connectivity index (χ1n) is 15.6. The minimum Gasteiger partial charge on any atom is -0.228 e. The van der Waals surface area contributed by atoms with E-state index in [0.29, 0.717) is 17.0 Å². The zero-order valence-electron chi connectivity index (χ0n) is 25.2. The minimum atomic E-state index is -3.05. The minimum absolute atomic E-state index is 0.0447. The summed E-state index contributed by atoms with van der Waals surface area (Å²) in [5.41, 5.74) is 7.45. The van der Waals surface area contributed by atoms with Crippen LogP contribution in [0.4, 0.5) is 8.78 Å². The molecule has 0 saturated carbocycles. The van der Waals surface area contributed by atoms with E-state index in [4.69, 9.17) is 9.97 Å². The number of hydrogen-bond donors (Lipinski definition) is 0. The Kier molecular flexibility index (Phi) is 6.12. The lowest BCUT2D eigenvalue weighted by atomic mass is 9.92. The highest BCUT2D eigenvalue weighted by Gasteiger charge is 2.44. The first-order chi connectivity index (χ1) is 23.0. The van der Waals surface area contributed by atoms with Crippen molar-refractivity contribution in [3.05, 3.63) is 169 Å². The first kappa shape index (κ1) is 27.3. The highest BCUT2D eigenvalue weighted by atomic mass is 19.3. The summed E-state index contributed by atoms with van der Waals surface area (Å²) in [6, 6.07) is 51.2. The standard InChI is InChI=1S/C43H26F2N2/c44-43(45)38-17-9-8-16-35(38)36-21-20-30(25-39(36)43)32-22-23-37(34-15-7-6-14-33(32)34)42-46-40(28-11-2-1-3-12-28)26-41(47-42)31-19-18-27-10-4-5-13-29(27)24-31/h1-26H. The van der Waals surface area contributed by atoms with Crippen LogP contribution in [-0.2, 0) is 5.92 Å². The summed E-state index contributed by atoms with van der Waals surface area (Å²) in [4.78, 5) is 10.2. The average molecular weight is 609 g/mol. The van der Waals surface area contributed by atoms with Crippen LogP contribution in [0.3, 0.4) is 0 Å². The summed E-state index contributed by atoms with van der Waals surface area (Å²) in [5.74, 6) is -2.45. The number of fused-ring (bicyclic) bond motifs is 5. The van der Waals surface area contributed by atoms with Gasteiger partial charge >= 0.3 is 0 Å². The van der Waals surface area contributed by atoms with E-state index in [1.165, 1.54) is 11.5 Å². The third kappa shape index (κ3) is 4.44. The van der Waals surface area contributed by atoms with Crippen molar-refractivity contribution < 1.29 is 8.78 Å². The second-order valence-corrected chi connectivity index (χ2v) is 12.0. The summed E-state index contributed by atoms with van der Waals surface area (Å²) in [6.45, 7) is 0. The largest absolute Gasteiger partial charge is 0.299 e. The van der Waals surface area contributed by atoms with Crippen molar-refractivity contribution in [3.8, 4) is 56.2 Å². The number of hydrogen-bond acceptors (Lipinski definition) is 2. The summed E-state index contributed by atoms with van der Waals surface area (Å²) in [7, 11) is 0. The summed E-state index contributed by atoms with van der Waals surface area (Å²) in [5, 5.41) is 4.22. The number of alkyl halides is 2. The van der Waals surface area contributed by atoms with E-state index in [1.807, 2.05) is 84.9 Å². The lowest BCUT2D eigenvalue weighted by Crippen LogP contribution is -2.10. The molecule has 0 amide bonds. The number of rotatable bonds is 4. The second kappa shape index (κ2) is 10.5. The van der Waals surface area contributed by atoms with Gasteiger partial charge in [-0.1, -0.05) is 133 Å². The number of nitrogens with zero attached hydrogens (tertiary/aromatic N) is 2. The molecule has 8 aromatic rings. The molecule has 1 aliphatic rings. The van der Waals surface area contributed by atoms with E-state index < -0.39 is 5.92 Å². The summed E-state index contributed by atoms with van der Waals surface area (Å²) in [6.07, 6.45) is 0. The van der Waals surface area contributed by atoms with Crippen molar-refractivity contribution in [3.63, 3.8) is 0 Å². The van der Waals surface area contributed by atoms with Crippen LogP contribution >= 0.6 is 0 Å². The van der Waals surface area contributed by atoms with Gasteiger partial charge in [0.1, 0.15) is 0 Å². The maximum absolute atomic E-state index is 15.7. The molecule has 0 saturated heterocycles. The molecular weight excluding hydrogens is 582 g/mol. The van der Waals surface area contributed by atoms with Crippen molar-refractivity contribution in [1.29, 1.82) is 0 Å². The normalized spacial score (nSPS) is 13.1. The zero-order valence-corrected chi connectivity index (χ0v) is 25.2. The highest BCUT2D eigenvalue weighted by molar-refractivity contribution is 6.04. The van der Waals surface area contributed by atoms with E-state index >= 15 is 8.78 Å². The smallest absolute Gasteiger partial charge is 0.228 e. The van der Waals surface area contributed by atoms with Crippen molar-refractivity contribution in [1.82, 2.24) is 9.97 Å². The van der Waals surface area contributed by atoms with Crippen molar-refractivity contribution in [2.24, 2.45) is 0 Å². The Bertz CT molecular complexity index is 2500. The predicted octanol–water partition coefficient (Wildman–Crippen LogP) is 11.6. The Hall–Kier alpha value is -6.00. The van der Waals surface area contributed by atoms with Gasteiger partial charge in [0.05, 0.1) is 11.4 Å². The molecule has 1 aliphatic carbocycles. The van der Waals surface area contributed by atoms with Crippen LogP contribution in [-0.4, -0.2) is 9.97 Å². The molecule has 47 heavy (non-hydrogen) atoms. The topological polar surface area (TPSA) is 25.8 Å². The molecule has 4 heteroatoms. The number of aromatic nitrogens is 2. The van der Waals surface area contributed by atoms with Gasteiger partial charge in [0.25, 0.3) is 5.92 Å². The second-order valence-electron chi connectivity index (χ2n) is 12.0. The molecule has 0 atom stereocenters. The number of halogens is 2. The Morgan fingerprint density at radius 3 is 1.81 bits per heavy atom. The molecule has 7 aromatic carbocycles. The first-order valence-corrected chi connectivity index (χ1v) is 15.6. The van der Waals surface area contributed by atoms with Crippen LogP contribution in [0.1, 0.15) is 11.1 Å². The highest BCUT2D eigenvalue weighted by Crippen LogP contribution is 2.52. The van der Waals surface area contributed by atoms with Gasteiger partial charge in [-0.3, -0.25) is 0 Å². The van der Waals surface area contributed by atoms with Gasteiger partial charge in [0.2, 0.25) is 0 Å². The van der Waals surface area contributed by atoms with Gasteiger partial charge in [-0.2, -0.15) is 8.78 Å². The van der Waals surface area contributed by atoms with Crippen LogP contribution in [0.25, 0.3) is 77.7 Å². The monoisotopic (exact) mass is 608 g/mol. The van der Waals surface area contributed by atoms with Gasteiger partial charge in [-0.05, 0) is 68.1 Å². The maximum atomic E-state index is 15.7. The molecule has 1 aromatic heterocycles. The zero-order chi connectivity index (χ0) is 31.5.